The molecule has 3 fully saturated rings. The quantitative estimate of drug-likeness (QED) is 0.818. The van der Waals surface area contributed by atoms with Crippen molar-refractivity contribution in [1.29, 1.82) is 0 Å². The summed E-state index contributed by atoms with van der Waals surface area (Å²) >= 11 is 0. The molecule has 1 aromatic carbocycles. The van der Waals surface area contributed by atoms with Gasteiger partial charge in [-0.1, -0.05) is 18.2 Å². The molecule has 1 unspecified atom stereocenters. The third kappa shape index (κ3) is 3.44. The van der Waals surface area contributed by atoms with Crippen LogP contribution in [0.2, 0.25) is 0 Å². The molecule has 1 aliphatic carbocycles. The first-order valence-electron chi connectivity index (χ1n) is 10.6. The molecule has 1 amide bonds. The highest BCUT2D eigenvalue weighted by Crippen LogP contribution is 2.60. The fourth-order valence-corrected chi connectivity index (χ4v) is 5.09. The Bertz CT molecular complexity index is 789. The molecule has 5 rings (SSSR count). The number of carbonyl (C=O) groups is 1. The van der Waals surface area contributed by atoms with E-state index in [-0.39, 0.29) is 5.92 Å². The molecule has 2 aliphatic heterocycles. The average Bonchev–Trinajstić information content (AvgIpc) is 3.19. The van der Waals surface area contributed by atoms with Gasteiger partial charge in [0.25, 0.3) is 0 Å². The van der Waals surface area contributed by atoms with E-state index in [1.807, 2.05) is 12.3 Å². The Labute approximate surface area is 166 Å². The minimum atomic E-state index is 0.270. The van der Waals surface area contributed by atoms with Crippen LogP contribution in [-0.4, -0.2) is 55.0 Å². The van der Waals surface area contributed by atoms with Crippen LogP contribution in [0.1, 0.15) is 24.8 Å². The predicted octanol–water partition coefficient (Wildman–Crippen LogP) is 3.23. The van der Waals surface area contributed by atoms with Crippen molar-refractivity contribution in [2.45, 2.75) is 25.8 Å². The lowest BCUT2D eigenvalue weighted by atomic mass is 9.90. The number of likely N-dealkylation sites (tertiary alicyclic amines) is 1. The van der Waals surface area contributed by atoms with Crippen LogP contribution in [0.15, 0.2) is 53.3 Å². The van der Waals surface area contributed by atoms with Gasteiger partial charge in [-0.2, -0.15) is 0 Å². The van der Waals surface area contributed by atoms with Crippen molar-refractivity contribution in [3.63, 3.8) is 0 Å². The second-order valence-electron chi connectivity index (χ2n) is 8.67. The zero-order chi connectivity index (χ0) is 19.0. The van der Waals surface area contributed by atoms with E-state index in [1.54, 1.807) is 6.26 Å². The fraction of sp³-hybridized carbons (Fsp3) is 0.522. The molecule has 28 heavy (non-hydrogen) atoms. The average molecular weight is 380 g/mol. The Morgan fingerprint density at radius 2 is 1.75 bits per heavy atom. The summed E-state index contributed by atoms with van der Waals surface area (Å²) in [5.41, 5.74) is 2.80. The molecule has 1 saturated carbocycles. The van der Waals surface area contributed by atoms with Gasteiger partial charge in [0.05, 0.1) is 12.5 Å². The van der Waals surface area contributed by atoms with Gasteiger partial charge < -0.3 is 14.2 Å². The summed E-state index contributed by atoms with van der Waals surface area (Å²) in [6.07, 6.45) is 7.00. The number of rotatable bonds is 4. The van der Waals surface area contributed by atoms with E-state index < -0.39 is 0 Å². The predicted molar refractivity (Wildman–Crippen MR) is 109 cm³/mol. The van der Waals surface area contributed by atoms with Crippen LogP contribution in [0.3, 0.4) is 0 Å². The maximum absolute atomic E-state index is 13.1. The first kappa shape index (κ1) is 17.8. The lowest BCUT2D eigenvalue weighted by Crippen LogP contribution is -2.50. The largest absolute Gasteiger partial charge is 0.472 e. The van der Waals surface area contributed by atoms with Crippen LogP contribution in [0, 0.1) is 11.3 Å². The van der Waals surface area contributed by atoms with Gasteiger partial charge in [-0.25, -0.2) is 0 Å². The van der Waals surface area contributed by atoms with Crippen molar-refractivity contribution in [3.05, 3.63) is 54.5 Å². The maximum Gasteiger partial charge on any atom is 0.226 e. The van der Waals surface area contributed by atoms with Gasteiger partial charge in [-0.05, 0) is 56.0 Å². The lowest BCUT2D eigenvalue weighted by molar-refractivity contribution is -0.134. The SMILES string of the molecule is O=C(C1CC12CCN(Cc1ccoc1)CC2)N1CCN(c2ccccc2)CC1. The third-order valence-electron chi connectivity index (χ3n) is 7.04. The summed E-state index contributed by atoms with van der Waals surface area (Å²) in [4.78, 5) is 20.1. The Hall–Kier alpha value is -2.27. The van der Waals surface area contributed by atoms with Gasteiger partial charge in [0.1, 0.15) is 0 Å². The molecule has 148 valence electrons. The van der Waals surface area contributed by atoms with E-state index in [9.17, 15) is 4.79 Å². The number of hydrogen-bond acceptors (Lipinski definition) is 4. The molecule has 0 radical (unpaired) electrons. The van der Waals surface area contributed by atoms with Crippen LogP contribution in [-0.2, 0) is 11.3 Å². The number of carbonyl (C=O) groups excluding carboxylic acids is 1. The summed E-state index contributed by atoms with van der Waals surface area (Å²) in [7, 11) is 0. The van der Waals surface area contributed by atoms with E-state index in [4.69, 9.17) is 4.42 Å². The molecular formula is C23H29N3O2. The summed E-state index contributed by atoms with van der Waals surface area (Å²) < 4.78 is 5.18. The Kier molecular flexibility index (Phi) is 4.63. The fourth-order valence-electron chi connectivity index (χ4n) is 5.09. The van der Waals surface area contributed by atoms with E-state index >= 15 is 0 Å². The van der Waals surface area contributed by atoms with Gasteiger partial charge in [-0.15, -0.1) is 0 Å². The van der Waals surface area contributed by atoms with Crippen LogP contribution >= 0.6 is 0 Å². The molecule has 0 N–H and O–H groups in total. The summed E-state index contributed by atoms with van der Waals surface area (Å²) in [6, 6.07) is 12.6. The number of anilines is 1. The Morgan fingerprint density at radius 3 is 2.43 bits per heavy atom. The zero-order valence-corrected chi connectivity index (χ0v) is 16.4. The number of para-hydroxylation sites is 1. The van der Waals surface area contributed by atoms with Crippen LogP contribution in [0.25, 0.3) is 0 Å². The molecule has 1 atom stereocenters. The highest BCUT2D eigenvalue weighted by Gasteiger charge is 2.59. The first-order valence-corrected chi connectivity index (χ1v) is 10.6. The van der Waals surface area contributed by atoms with Crippen molar-refractivity contribution in [2.75, 3.05) is 44.2 Å². The minimum absolute atomic E-state index is 0.270. The van der Waals surface area contributed by atoms with Crippen molar-refractivity contribution < 1.29 is 9.21 Å². The van der Waals surface area contributed by atoms with Crippen molar-refractivity contribution >= 4 is 11.6 Å². The second-order valence-corrected chi connectivity index (χ2v) is 8.67. The van der Waals surface area contributed by atoms with Crippen LogP contribution < -0.4 is 4.90 Å². The molecular weight excluding hydrogens is 350 g/mol. The molecule has 0 bridgehead atoms. The van der Waals surface area contributed by atoms with Crippen molar-refractivity contribution in [2.24, 2.45) is 11.3 Å². The number of hydrogen-bond donors (Lipinski definition) is 0. The highest BCUT2D eigenvalue weighted by atomic mass is 16.3. The molecule has 2 saturated heterocycles. The van der Waals surface area contributed by atoms with Gasteiger partial charge in [0.15, 0.2) is 0 Å². The van der Waals surface area contributed by atoms with Crippen LogP contribution in [0.5, 0.6) is 0 Å². The molecule has 5 heteroatoms. The van der Waals surface area contributed by atoms with E-state index in [1.165, 1.54) is 11.3 Å². The van der Waals surface area contributed by atoms with Gasteiger partial charge in [0.2, 0.25) is 5.91 Å². The van der Waals surface area contributed by atoms with Crippen molar-refractivity contribution in [3.8, 4) is 0 Å². The lowest BCUT2D eigenvalue weighted by Gasteiger charge is -2.37. The smallest absolute Gasteiger partial charge is 0.226 e. The van der Waals surface area contributed by atoms with Crippen LogP contribution in [0.4, 0.5) is 5.69 Å². The van der Waals surface area contributed by atoms with E-state index in [0.717, 1.165) is 65.1 Å². The molecule has 2 aromatic rings. The molecule has 3 aliphatic rings. The number of piperazine rings is 1. The summed E-state index contributed by atoms with van der Waals surface area (Å²) in [5, 5.41) is 0. The van der Waals surface area contributed by atoms with Gasteiger partial charge in [-0.3, -0.25) is 9.69 Å². The standard InChI is InChI=1S/C23H29N3O2/c27-22(26-13-11-25(12-14-26)20-4-2-1-3-5-20)21-16-23(21)7-9-24(10-8-23)17-19-6-15-28-18-19/h1-6,15,18,21H,7-14,16-17H2. The van der Waals surface area contributed by atoms with Gasteiger partial charge in [0, 0.05) is 49.9 Å². The number of piperidine rings is 1. The van der Waals surface area contributed by atoms with Crippen molar-refractivity contribution in [1.82, 2.24) is 9.80 Å². The number of furan rings is 1. The van der Waals surface area contributed by atoms with E-state index in [2.05, 4.69) is 45.0 Å². The Balaban J connectivity index is 1.11. The maximum atomic E-state index is 13.1. The first-order chi connectivity index (χ1) is 13.7. The monoisotopic (exact) mass is 379 g/mol. The zero-order valence-electron chi connectivity index (χ0n) is 16.4. The summed E-state index contributed by atoms with van der Waals surface area (Å²) in [6.45, 7) is 6.74. The number of benzene rings is 1. The number of nitrogens with zero attached hydrogens (tertiary/aromatic N) is 3. The highest BCUT2D eigenvalue weighted by molar-refractivity contribution is 5.83. The molecule has 1 spiro atoms. The normalized spacial score (nSPS) is 24.5. The van der Waals surface area contributed by atoms with Gasteiger partial charge >= 0.3 is 0 Å². The Morgan fingerprint density at radius 1 is 1.00 bits per heavy atom. The molecule has 1 aromatic heterocycles. The number of amides is 1. The third-order valence-corrected chi connectivity index (χ3v) is 7.04. The topological polar surface area (TPSA) is 39.9 Å². The molecule has 3 heterocycles. The summed E-state index contributed by atoms with van der Waals surface area (Å²) in [5.74, 6) is 0.683. The minimum Gasteiger partial charge on any atom is -0.472 e. The molecule has 5 nitrogen and oxygen atoms in total. The second kappa shape index (κ2) is 7.28. The van der Waals surface area contributed by atoms with E-state index in [0.29, 0.717) is 11.3 Å².